The van der Waals surface area contributed by atoms with Gasteiger partial charge in [-0.05, 0) is 31.5 Å². The molecule has 0 radical (unpaired) electrons. The maximum absolute atomic E-state index is 12.3. The largest absolute Gasteiger partial charge is 0.480 e. The van der Waals surface area contributed by atoms with E-state index in [9.17, 15) is 18.0 Å². The lowest BCUT2D eigenvalue weighted by atomic mass is 10.1. The van der Waals surface area contributed by atoms with Gasteiger partial charge in [0.2, 0.25) is 10.0 Å². The first kappa shape index (κ1) is 18.1. The van der Waals surface area contributed by atoms with E-state index in [2.05, 4.69) is 5.32 Å². The molecule has 7 nitrogen and oxygen atoms in total. The van der Waals surface area contributed by atoms with Gasteiger partial charge in [-0.15, -0.1) is 0 Å². The van der Waals surface area contributed by atoms with E-state index in [1.54, 1.807) is 26.0 Å². The second-order valence-electron chi connectivity index (χ2n) is 5.06. The van der Waals surface area contributed by atoms with Crippen LogP contribution in [0.3, 0.4) is 0 Å². The molecule has 2 N–H and O–H groups in total. The molecule has 0 aliphatic rings. The van der Waals surface area contributed by atoms with Gasteiger partial charge in [-0.3, -0.25) is 9.59 Å². The van der Waals surface area contributed by atoms with Gasteiger partial charge in [0, 0.05) is 18.7 Å². The first-order chi connectivity index (χ1) is 10.2. The summed E-state index contributed by atoms with van der Waals surface area (Å²) in [5.41, 5.74) is 0.915. The third-order valence-corrected chi connectivity index (χ3v) is 4.98. The predicted molar refractivity (Wildman–Crippen MR) is 81.9 cm³/mol. The normalized spacial score (nSPS) is 11.7. The van der Waals surface area contributed by atoms with Gasteiger partial charge in [0.1, 0.15) is 6.54 Å². The van der Waals surface area contributed by atoms with Crippen LogP contribution in [0.2, 0.25) is 0 Å². The molecule has 0 aliphatic carbocycles. The number of hydrogen-bond acceptors (Lipinski definition) is 4. The number of rotatable bonds is 7. The number of carbonyl (C=O) groups excluding carboxylic acids is 1. The second-order valence-corrected chi connectivity index (χ2v) is 6.99. The maximum Gasteiger partial charge on any atom is 0.318 e. The number of aliphatic carboxylic acids is 1. The van der Waals surface area contributed by atoms with Crippen molar-refractivity contribution in [1.29, 1.82) is 0 Å². The molecule has 1 amide bonds. The van der Waals surface area contributed by atoms with E-state index in [0.29, 0.717) is 11.1 Å². The van der Waals surface area contributed by atoms with E-state index < -0.39 is 28.6 Å². The highest BCUT2D eigenvalue weighted by Crippen LogP contribution is 2.14. The van der Waals surface area contributed by atoms with Crippen LogP contribution in [0.5, 0.6) is 0 Å². The van der Waals surface area contributed by atoms with E-state index in [1.165, 1.54) is 19.2 Å². The summed E-state index contributed by atoms with van der Waals surface area (Å²) in [5, 5.41) is 11.3. The number of nitrogens with zero attached hydrogens (tertiary/aromatic N) is 1. The van der Waals surface area contributed by atoms with Crippen molar-refractivity contribution in [2.75, 3.05) is 13.6 Å². The predicted octanol–water partition coefficient (Wildman–Crippen LogP) is 0.671. The fraction of sp³-hybridized carbons (Fsp3) is 0.429. The van der Waals surface area contributed by atoms with E-state index in [0.717, 1.165) is 4.31 Å². The molecule has 8 heteroatoms. The van der Waals surface area contributed by atoms with E-state index in [-0.39, 0.29) is 11.7 Å². The molecule has 0 unspecified atom stereocenters. The summed E-state index contributed by atoms with van der Waals surface area (Å²) in [6.45, 7) is 2.67. The van der Waals surface area contributed by atoms with Gasteiger partial charge in [-0.25, -0.2) is 8.42 Å². The number of carboxylic acid groups (broad SMARTS) is 1. The fourth-order valence-electron chi connectivity index (χ4n) is 1.93. The zero-order chi connectivity index (χ0) is 16.9. The summed E-state index contributed by atoms with van der Waals surface area (Å²) < 4.78 is 25.6. The number of carboxylic acids is 1. The van der Waals surface area contributed by atoms with Crippen LogP contribution in [0.4, 0.5) is 0 Å². The highest BCUT2D eigenvalue weighted by atomic mass is 32.2. The molecule has 1 aromatic rings. The average molecular weight is 328 g/mol. The van der Waals surface area contributed by atoms with E-state index in [1.807, 2.05) is 0 Å². The van der Waals surface area contributed by atoms with Crippen LogP contribution in [0.1, 0.15) is 29.8 Å². The number of amides is 1. The number of benzene rings is 1. The molecule has 0 spiro atoms. The zero-order valence-corrected chi connectivity index (χ0v) is 13.6. The lowest BCUT2D eigenvalue weighted by Crippen LogP contribution is -2.41. The van der Waals surface area contributed by atoms with Crippen LogP contribution in [0.15, 0.2) is 24.3 Å². The minimum absolute atomic E-state index is 0.260. The van der Waals surface area contributed by atoms with E-state index in [4.69, 9.17) is 5.11 Å². The molecule has 0 aromatic heterocycles. The Bertz CT molecular complexity index is 638. The molecule has 0 bridgehead atoms. The zero-order valence-electron chi connectivity index (χ0n) is 12.7. The van der Waals surface area contributed by atoms with Crippen molar-refractivity contribution in [1.82, 2.24) is 9.62 Å². The highest BCUT2D eigenvalue weighted by Gasteiger charge is 2.27. The Labute approximate surface area is 130 Å². The topological polar surface area (TPSA) is 104 Å². The summed E-state index contributed by atoms with van der Waals surface area (Å²) in [7, 11) is -2.25. The molecule has 1 aromatic carbocycles. The molecule has 0 saturated carbocycles. The fourth-order valence-corrected chi connectivity index (χ4v) is 3.65. The smallest absolute Gasteiger partial charge is 0.318 e. The summed E-state index contributed by atoms with van der Waals surface area (Å²) in [6.07, 6.45) is 0. The number of nitrogens with one attached hydrogen (secondary N) is 1. The van der Waals surface area contributed by atoms with Crippen molar-refractivity contribution >= 4 is 21.9 Å². The molecule has 122 valence electrons. The van der Waals surface area contributed by atoms with Crippen molar-refractivity contribution in [3.63, 3.8) is 0 Å². The Balaban J connectivity index is 2.95. The molecule has 0 saturated heterocycles. The van der Waals surface area contributed by atoms with Gasteiger partial charge in [0.05, 0.1) is 5.75 Å². The molecule has 0 heterocycles. The van der Waals surface area contributed by atoms with Crippen molar-refractivity contribution in [3.8, 4) is 0 Å². The van der Waals surface area contributed by atoms with E-state index >= 15 is 0 Å². The monoisotopic (exact) mass is 328 g/mol. The molecular weight excluding hydrogens is 308 g/mol. The SMILES string of the molecule is CNC(=O)c1ccc(CS(=O)(=O)N(CC(=O)O)C(C)C)cc1. The molecule has 0 aliphatic heterocycles. The standard InChI is InChI=1S/C14H20N2O5S/c1-10(2)16(8-13(17)18)22(20,21)9-11-4-6-12(7-5-11)14(19)15-3/h4-7,10H,8-9H2,1-3H3,(H,15,19)(H,17,18). The third kappa shape index (κ3) is 4.81. The molecule has 1 rings (SSSR count). The minimum atomic E-state index is -3.76. The van der Waals surface area contributed by atoms with Crippen molar-refractivity contribution in [2.45, 2.75) is 25.6 Å². The Morgan fingerprint density at radius 1 is 1.23 bits per heavy atom. The molecule has 22 heavy (non-hydrogen) atoms. The summed E-state index contributed by atoms with van der Waals surface area (Å²) >= 11 is 0. The first-order valence-electron chi connectivity index (χ1n) is 6.69. The second kappa shape index (κ2) is 7.37. The van der Waals surface area contributed by atoms with Gasteiger partial charge < -0.3 is 10.4 Å². The van der Waals surface area contributed by atoms with Crippen LogP contribution in [-0.4, -0.2) is 49.3 Å². The van der Waals surface area contributed by atoms with Gasteiger partial charge in [-0.2, -0.15) is 4.31 Å². The highest BCUT2D eigenvalue weighted by molar-refractivity contribution is 7.88. The summed E-state index contributed by atoms with van der Waals surface area (Å²) in [4.78, 5) is 22.2. The van der Waals surface area contributed by atoms with Crippen LogP contribution < -0.4 is 5.32 Å². The van der Waals surface area contributed by atoms with Gasteiger partial charge >= 0.3 is 5.97 Å². The molecular formula is C14H20N2O5S. The lowest BCUT2D eigenvalue weighted by molar-refractivity contribution is -0.137. The summed E-state index contributed by atoms with van der Waals surface area (Å²) in [6, 6.07) is 5.69. The molecule has 0 atom stereocenters. The van der Waals surface area contributed by atoms with Gasteiger partial charge in [0.15, 0.2) is 0 Å². The number of carbonyl (C=O) groups is 2. The summed E-state index contributed by atoms with van der Waals surface area (Å²) in [5.74, 6) is -1.77. The maximum atomic E-state index is 12.3. The van der Waals surface area contributed by atoms with Crippen molar-refractivity contribution < 1.29 is 23.1 Å². The van der Waals surface area contributed by atoms with Crippen molar-refractivity contribution in [3.05, 3.63) is 35.4 Å². The Morgan fingerprint density at radius 2 is 1.77 bits per heavy atom. The third-order valence-electron chi connectivity index (χ3n) is 3.02. The minimum Gasteiger partial charge on any atom is -0.480 e. The van der Waals surface area contributed by atoms with Crippen LogP contribution in [0, 0.1) is 0 Å². The van der Waals surface area contributed by atoms with Gasteiger partial charge in [0.25, 0.3) is 5.91 Å². The number of sulfonamides is 1. The Kier molecular flexibility index (Phi) is 6.07. The Morgan fingerprint density at radius 3 is 2.18 bits per heavy atom. The molecule has 0 fully saturated rings. The first-order valence-corrected chi connectivity index (χ1v) is 8.30. The quantitative estimate of drug-likeness (QED) is 0.765. The van der Waals surface area contributed by atoms with Crippen LogP contribution >= 0.6 is 0 Å². The van der Waals surface area contributed by atoms with Crippen LogP contribution in [0.25, 0.3) is 0 Å². The lowest BCUT2D eigenvalue weighted by Gasteiger charge is -2.24. The van der Waals surface area contributed by atoms with Crippen LogP contribution in [-0.2, 0) is 20.6 Å². The number of hydrogen-bond donors (Lipinski definition) is 2. The average Bonchev–Trinajstić information content (AvgIpc) is 2.43. The Hall–Kier alpha value is -1.93. The van der Waals surface area contributed by atoms with Crippen molar-refractivity contribution in [2.24, 2.45) is 0 Å². The van der Waals surface area contributed by atoms with Gasteiger partial charge in [-0.1, -0.05) is 12.1 Å².